The maximum absolute atomic E-state index is 13.4. The summed E-state index contributed by atoms with van der Waals surface area (Å²) in [7, 11) is 0. The lowest BCUT2D eigenvalue weighted by molar-refractivity contribution is -0.136. The number of fused-ring (bicyclic) bond motifs is 3. The molecule has 2 bridgehead atoms. The minimum Gasteiger partial charge on any atom is -0.330 e. The highest BCUT2D eigenvalue weighted by Gasteiger charge is 2.41. The van der Waals surface area contributed by atoms with Gasteiger partial charge in [0.2, 0.25) is 11.8 Å². The van der Waals surface area contributed by atoms with Crippen LogP contribution in [-0.2, 0) is 16.1 Å². The van der Waals surface area contributed by atoms with Gasteiger partial charge < -0.3 is 14.7 Å². The average molecular weight is 492 g/mol. The summed E-state index contributed by atoms with van der Waals surface area (Å²) in [5.74, 6) is -1.08. The maximum Gasteiger partial charge on any atom is 0.276 e. The predicted molar refractivity (Wildman–Crippen MR) is 127 cm³/mol. The standard InChI is InChI=1S/C25H29N7O4/c1-2-29-10-9-16-5-6-18(13-29)32(16)25(36)20-14-31(28-27-20)17-4-3-15-12-30(24(35)19(15)11-17)21-7-8-22(33)26-23(21)34/h3-4,11,14,16,18,21H,2,5-10,12-13H2,1H3,(H,26,33,34). The van der Waals surface area contributed by atoms with Crippen LogP contribution in [0.1, 0.15) is 65.4 Å². The average Bonchev–Trinajstić information content (AvgIpc) is 3.55. The molecule has 0 saturated carbocycles. The van der Waals surface area contributed by atoms with Crippen molar-refractivity contribution in [3.8, 4) is 5.69 Å². The smallest absolute Gasteiger partial charge is 0.276 e. The molecule has 1 N–H and O–H groups in total. The van der Waals surface area contributed by atoms with Crippen molar-refractivity contribution in [1.29, 1.82) is 0 Å². The first-order valence-corrected chi connectivity index (χ1v) is 12.7. The van der Waals surface area contributed by atoms with E-state index in [0.717, 1.165) is 44.5 Å². The van der Waals surface area contributed by atoms with Crippen molar-refractivity contribution in [3.05, 3.63) is 41.2 Å². The van der Waals surface area contributed by atoms with E-state index in [9.17, 15) is 19.2 Å². The van der Waals surface area contributed by atoms with Crippen LogP contribution in [-0.4, -0.2) is 91.1 Å². The second-order valence-corrected chi connectivity index (χ2v) is 10.1. The van der Waals surface area contributed by atoms with Crippen molar-refractivity contribution in [3.63, 3.8) is 0 Å². The van der Waals surface area contributed by atoms with Gasteiger partial charge in [0.05, 0.1) is 11.9 Å². The van der Waals surface area contributed by atoms with Gasteiger partial charge in [-0.1, -0.05) is 18.2 Å². The molecule has 188 valence electrons. The predicted octanol–water partition coefficient (Wildman–Crippen LogP) is 0.727. The van der Waals surface area contributed by atoms with Crippen molar-refractivity contribution >= 4 is 23.6 Å². The Kier molecular flexibility index (Phi) is 5.59. The third kappa shape index (κ3) is 3.78. The van der Waals surface area contributed by atoms with Crippen molar-refractivity contribution in [2.24, 2.45) is 0 Å². The first-order chi connectivity index (χ1) is 17.4. The Labute approximate surface area is 208 Å². The summed E-state index contributed by atoms with van der Waals surface area (Å²) in [4.78, 5) is 56.3. The molecule has 4 amide bonds. The summed E-state index contributed by atoms with van der Waals surface area (Å²) in [6, 6.07) is 5.17. The summed E-state index contributed by atoms with van der Waals surface area (Å²) >= 11 is 0. The molecule has 4 aliphatic heterocycles. The molecule has 1 aromatic heterocycles. The van der Waals surface area contributed by atoms with Gasteiger partial charge in [-0.15, -0.1) is 5.10 Å². The second-order valence-electron chi connectivity index (χ2n) is 10.1. The number of imide groups is 1. The van der Waals surface area contributed by atoms with Gasteiger partial charge in [0.1, 0.15) is 6.04 Å². The van der Waals surface area contributed by atoms with E-state index >= 15 is 0 Å². The fourth-order valence-electron chi connectivity index (χ4n) is 6.07. The number of carbonyl (C=O) groups is 4. The normalized spacial score (nSPS) is 26.2. The van der Waals surface area contributed by atoms with Gasteiger partial charge in [-0.3, -0.25) is 24.5 Å². The minimum absolute atomic E-state index is 0.0898. The highest BCUT2D eigenvalue weighted by Crippen LogP contribution is 2.32. The summed E-state index contributed by atoms with van der Waals surface area (Å²) in [5.41, 5.74) is 2.22. The largest absolute Gasteiger partial charge is 0.330 e. The zero-order valence-electron chi connectivity index (χ0n) is 20.2. The summed E-state index contributed by atoms with van der Waals surface area (Å²) in [6.07, 6.45) is 5.17. The van der Waals surface area contributed by atoms with Gasteiger partial charge in [0, 0.05) is 43.7 Å². The van der Waals surface area contributed by atoms with Crippen molar-refractivity contribution in [2.75, 3.05) is 19.6 Å². The molecule has 36 heavy (non-hydrogen) atoms. The third-order valence-corrected chi connectivity index (χ3v) is 8.04. The lowest BCUT2D eigenvalue weighted by atomic mass is 10.0. The number of hydrogen-bond acceptors (Lipinski definition) is 7. The SMILES string of the molecule is CCN1CCC2CCC(C1)N2C(=O)c1cn(-c2ccc3c(c2)C(=O)N(C2CCC(=O)NC2=O)C3)nn1. The first kappa shape index (κ1) is 22.8. The van der Waals surface area contributed by atoms with Gasteiger partial charge in [-0.05, 0) is 49.9 Å². The minimum atomic E-state index is -0.658. The van der Waals surface area contributed by atoms with Crippen LogP contribution in [0.5, 0.6) is 0 Å². The monoisotopic (exact) mass is 491 g/mol. The molecule has 6 rings (SSSR count). The van der Waals surface area contributed by atoms with Crippen LogP contribution < -0.4 is 5.32 Å². The van der Waals surface area contributed by atoms with Crippen LogP contribution in [0.3, 0.4) is 0 Å². The Hall–Kier alpha value is -3.60. The summed E-state index contributed by atoms with van der Waals surface area (Å²) in [5, 5.41) is 10.7. The lowest BCUT2D eigenvalue weighted by Crippen LogP contribution is -2.52. The van der Waals surface area contributed by atoms with Crippen LogP contribution in [0.25, 0.3) is 5.69 Å². The van der Waals surface area contributed by atoms with E-state index in [4.69, 9.17) is 0 Å². The Morgan fingerprint density at radius 1 is 1.11 bits per heavy atom. The Morgan fingerprint density at radius 3 is 2.75 bits per heavy atom. The Balaban J connectivity index is 1.21. The summed E-state index contributed by atoms with van der Waals surface area (Å²) < 4.78 is 1.52. The van der Waals surface area contributed by atoms with Gasteiger partial charge in [0.15, 0.2) is 5.69 Å². The third-order valence-electron chi connectivity index (χ3n) is 8.04. The van der Waals surface area contributed by atoms with Gasteiger partial charge >= 0.3 is 0 Å². The number of nitrogens with zero attached hydrogens (tertiary/aromatic N) is 6. The zero-order chi connectivity index (χ0) is 25.0. The fraction of sp³-hybridized carbons (Fsp3) is 0.520. The van der Waals surface area contributed by atoms with E-state index in [1.807, 2.05) is 17.0 Å². The van der Waals surface area contributed by atoms with E-state index in [1.54, 1.807) is 12.3 Å². The van der Waals surface area contributed by atoms with Crippen LogP contribution in [0, 0.1) is 0 Å². The highest BCUT2D eigenvalue weighted by molar-refractivity contribution is 6.05. The number of hydrogen-bond donors (Lipinski definition) is 1. The topological polar surface area (TPSA) is 121 Å². The number of aromatic nitrogens is 3. The van der Waals surface area contributed by atoms with E-state index in [-0.39, 0.29) is 36.2 Å². The number of piperidine rings is 1. The molecular formula is C25H29N7O4. The highest BCUT2D eigenvalue weighted by atomic mass is 16.2. The van der Waals surface area contributed by atoms with Crippen LogP contribution >= 0.6 is 0 Å². The number of benzene rings is 1. The molecule has 3 atom stereocenters. The fourth-order valence-corrected chi connectivity index (χ4v) is 6.07. The zero-order valence-corrected chi connectivity index (χ0v) is 20.2. The lowest BCUT2D eigenvalue weighted by Gasteiger charge is -2.29. The van der Waals surface area contributed by atoms with Crippen LogP contribution in [0.2, 0.25) is 0 Å². The molecule has 4 aliphatic rings. The van der Waals surface area contributed by atoms with E-state index in [0.29, 0.717) is 29.9 Å². The van der Waals surface area contributed by atoms with Crippen LogP contribution in [0.15, 0.2) is 24.4 Å². The van der Waals surface area contributed by atoms with E-state index in [2.05, 4.69) is 27.5 Å². The van der Waals surface area contributed by atoms with Crippen molar-refractivity contribution < 1.29 is 19.2 Å². The molecule has 3 saturated heterocycles. The molecule has 2 aromatic rings. The first-order valence-electron chi connectivity index (χ1n) is 12.7. The van der Waals surface area contributed by atoms with Gasteiger partial charge in [-0.2, -0.15) is 0 Å². The Morgan fingerprint density at radius 2 is 1.94 bits per heavy atom. The number of rotatable bonds is 4. The summed E-state index contributed by atoms with van der Waals surface area (Å²) in [6.45, 7) is 5.35. The molecule has 1 aromatic carbocycles. The molecule has 5 heterocycles. The van der Waals surface area contributed by atoms with Crippen LogP contribution in [0.4, 0.5) is 0 Å². The van der Waals surface area contributed by atoms with E-state index in [1.165, 1.54) is 9.58 Å². The molecule has 3 fully saturated rings. The van der Waals surface area contributed by atoms with Crippen molar-refractivity contribution in [1.82, 2.24) is 35.0 Å². The molecule has 11 nitrogen and oxygen atoms in total. The molecule has 0 radical (unpaired) electrons. The number of amides is 4. The number of likely N-dealkylation sites (tertiary alicyclic amines) is 1. The van der Waals surface area contributed by atoms with Gasteiger partial charge in [-0.25, -0.2) is 4.68 Å². The van der Waals surface area contributed by atoms with Gasteiger partial charge in [0.25, 0.3) is 11.8 Å². The van der Waals surface area contributed by atoms with Crippen molar-refractivity contribution in [2.45, 2.75) is 63.7 Å². The molecule has 3 unspecified atom stereocenters. The number of likely N-dealkylation sites (N-methyl/N-ethyl adjacent to an activating group) is 1. The maximum atomic E-state index is 13.4. The Bertz CT molecular complexity index is 1260. The molecule has 0 aliphatic carbocycles. The quantitative estimate of drug-likeness (QED) is 0.626. The molecular weight excluding hydrogens is 462 g/mol. The number of nitrogens with one attached hydrogen (secondary N) is 1. The molecule has 11 heteroatoms. The number of carbonyl (C=O) groups excluding carboxylic acids is 4. The van der Waals surface area contributed by atoms with E-state index < -0.39 is 11.9 Å². The molecule has 0 spiro atoms. The second kappa shape index (κ2) is 8.81.